The van der Waals surface area contributed by atoms with Crippen molar-refractivity contribution in [1.82, 2.24) is 10.8 Å². The molecule has 1 atom stereocenters. The Balaban J connectivity index is 2.06. The summed E-state index contributed by atoms with van der Waals surface area (Å²) in [5, 5.41) is 3.19. The van der Waals surface area contributed by atoms with Crippen molar-refractivity contribution in [2.24, 2.45) is 0 Å². The molecule has 0 bridgehead atoms. The summed E-state index contributed by atoms with van der Waals surface area (Å²) in [7, 11) is 0. The second kappa shape index (κ2) is 5.44. The van der Waals surface area contributed by atoms with Crippen molar-refractivity contribution >= 4 is 5.97 Å². The van der Waals surface area contributed by atoms with Gasteiger partial charge in [0.05, 0.1) is 6.17 Å². The van der Waals surface area contributed by atoms with Crippen LogP contribution in [0.4, 0.5) is 0 Å². The minimum Gasteiger partial charge on any atom is -0.458 e. The van der Waals surface area contributed by atoms with Crippen molar-refractivity contribution in [3.05, 3.63) is 0 Å². The summed E-state index contributed by atoms with van der Waals surface area (Å²) >= 11 is 0. The lowest BCUT2D eigenvalue weighted by atomic mass is 10.2. The van der Waals surface area contributed by atoms with E-state index in [2.05, 4.69) is 10.8 Å². The molecule has 1 aliphatic heterocycles. The van der Waals surface area contributed by atoms with E-state index in [-0.39, 0.29) is 18.7 Å². The summed E-state index contributed by atoms with van der Waals surface area (Å²) < 4.78 is 5.08. The molecular formula is C10H20N2O3. The topological polar surface area (TPSA) is 59.6 Å². The van der Waals surface area contributed by atoms with Gasteiger partial charge in [-0.2, -0.15) is 5.48 Å². The summed E-state index contributed by atoms with van der Waals surface area (Å²) in [6, 6.07) is 0. The van der Waals surface area contributed by atoms with Crippen LogP contribution in [-0.2, 0) is 14.4 Å². The van der Waals surface area contributed by atoms with Gasteiger partial charge in [0.25, 0.3) is 0 Å². The summed E-state index contributed by atoms with van der Waals surface area (Å²) in [5.74, 6) is -0.354. The van der Waals surface area contributed by atoms with Crippen LogP contribution in [0.25, 0.3) is 0 Å². The highest BCUT2D eigenvalue weighted by atomic mass is 16.7. The molecule has 1 heterocycles. The monoisotopic (exact) mass is 216 g/mol. The van der Waals surface area contributed by atoms with Crippen LogP contribution < -0.4 is 10.8 Å². The van der Waals surface area contributed by atoms with Crippen LogP contribution in [0.15, 0.2) is 0 Å². The lowest BCUT2D eigenvalue weighted by Gasteiger charge is -2.19. The Morgan fingerprint density at radius 1 is 1.53 bits per heavy atom. The molecule has 2 N–H and O–H groups in total. The van der Waals surface area contributed by atoms with Crippen LogP contribution in [0.3, 0.4) is 0 Å². The molecule has 5 nitrogen and oxygen atoms in total. The van der Waals surface area contributed by atoms with Gasteiger partial charge in [0, 0.05) is 0 Å². The lowest BCUT2D eigenvalue weighted by Crippen LogP contribution is -2.39. The number of hydrogen-bond donors (Lipinski definition) is 2. The maximum atomic E-state index is 11.2. The van der Waals surface area contributed by atoms with E-state index in [0.29, 0.717) is 0 Å². The Morgan fingerprint density at radius 2 is 2.27 bits per heavy atom. The number of carbonyl (C=O) groups is 1. The predicted octanol–water partition coefficient (Wildman–Crippen LogP) is 0.559. The van der Waals surface area contributed by atoms with Gasteiger partial charge in [-0.3, -0.25) is 4.84 Å². The highest BCUT2D eigenvalue weighted by Crippen LogP contribution is 2.06. The van der Waals surface area contributed by atoms with Gasteiger partial charge >= 0.3 is 5.97 Å². The minimum absolute atomic E-state index is 0.0601. The molecular weight excluding hydrogens is 196 g/mol. The van der Waals surface area contributed by atoms with E-state index in [0.717, 1.165) is 19.4 Å². The van der Waals surface area contributed by atoms with Gasteiger partial charge in [-0.1, -0.05) is 0 Å². The fourth-order valence-electron chi connectivity index (χ4n) is 1.36. The molecule has 15 heavy (non-hydrogen) atoms. The molecule has 0 radical (unpaired) electrons. The second-order valence-electron chi connectivity index (χ2n) is 4.64. The van der Waals surface area contributed by atoms with Crippen LogP contribution in [0, 0.1) is 0 Å². The Bertz CT molecular complexity index is 207. The SMILES string of the molecule is CC(C)(C)OC(=O)CON[C@H]1CCCN1. The first-order valence-electron chi connectivity index (χ1n) is 5.30. The van der Waals surface area contributed by atoms with Crippen molar-refractivity contribution in [1.29, 1.82) is 0 Å². The van der Waals surface area contributed by atoms with E-state index in [9.17, 15) is 4.79 Å². The fraction of sp³-hybridized carbons (Fsp3) is 0.900. The van der Waals surface area contributed by atoms with Gasteiger partial charge in [0.1, 0.15) is 5.60 Å². The number of nitrogens with one attached hydrogen (secondary N) is 2. The highest BCUT2D eigenvalue weighted by Gasteiger charge is 2.17. The summed E-state index contributed by atoms with van der Waals surface area (Å²) in [5.41, 5.74) is 2.33. The zero-order valence-electron chi connectivity index (χ0n) is 9.63. The van der Waals surface area contributed by atoms with Crippen LogP contribution in [0.5, 0.6) is 0 Å². The first-order valence-corrected chi connectivity index (χ1v) is 5.30. The Morgan fingerprint density at radius 3 is 2.80 bits per heavy atom. The second-order valence-corrected chi connectivity index (χ2v) is 4.64. The Hall–Kier alpha value is -0.650. The Labute approximate surface area is 90.5 Å². The first kappa shape index (κ1) is 12.4. The average molecular weight is 216 g/mol. The van der Waals surface area contributed by atoms with Gasteiger partial charge in [0.2, 0.25) is 0 Å². The zero-order valence-corrected chi connectivity index (χ0v) is 9.63. The quantitative estimate of drug-likeness (QED) is 0.531. The van der Waals surface area contributed by atoms with Gasteiger partial charge in [0.15, 0.2) is 6.61 Å². The van der Waals surface area contributed by atoms with E-state index in [1.807, 2.05) is 20.8 Å². The number of carbonyl (C=O) groups excluding carboxylic acids is 1. The van der Waals surface area contributed by atoms with Crippen LogP contribution in [0.2, 0.25) is 0 Å². The molecule has 1 rings (SSSR count). The van der Waals surface area contributed by atoms with E-state index in [1.165, 1.54) is 0 Å². The van der Waals surface area contributed by atoms with E-state index >= 15 is 0 Å². The number of hydrogen-bond acceptors (Lipinski definition) is 5. The third-order valence-corrected chi connectivity index (χ3v) is 1.90. The molecule has 1 fully saturated rings. The summed E-state index contributed by atoms with van der Waals surface area (Å²) in [4.78, 5) is 16.3. The van der Waals surface area contributed by atoms with E-state index in [1.54, 1.807) is 0 Å². The molecule has 0 aromatic heterocycles. The van der Waals surface area contributed by atoms with Gasteiger partial charge in [-0.25, -0.2) is 4.79 Å². The molecule has 1 aliphatic rings. The molecule has 0 saturated carbocycles. The third-order valence-electron chi connectivity index (χ3n) is 1.90. The fourth-order valence-corrected chi connectivity index (χ4v) is 1.36. The molecule has 0 aromatic rings. The lowest BCUT2D eigenvalue weighted by molar-refractivity contribution is -0.163. The molecule has 0 amide bonds. The minimum atomic E-state index is -0.452. The molecule has 1 saturated heterocycles. The van der Waals surface area contributed by atoms with Crippen LogP contribution >= 0.6 is 0 Å². The smallest absolute Gasteiger partial charge is 0.334 e. The number of esters is 1. The Kier molecular flexibility index (Phi) is 4.50. The van der Waals surface area contributed by atoms with Crippen molar-refractivity contribution in [2.75, 3.05) is 13.2 Å². The molecule has 0 spiro atoms. The standard InChI is InChI=1S/C10H20N2O3/c1-10(2,3)15-9(13)7-14-12-8-5-4-6-11-8/h8,11-12H,4-7H2,1-3H3/t8-/m0/s1. The summed E-state index contributed by atoms with van der Waals surface area (Å²) in [6.45, 7) is 6.42. The normalized spacial score (nSPS) is 21.7. The first-order chi connectivity index (χ1) is 6.97. The molecule has 88 valence electrons. The highest BCUT2D eigenvalue weighted by molar-refractivity contribution is 5.71. The van der Waals surface area contributed by atoms with Crippen molar-refractivity contribution in [3.8, 4) is 0 Å². The van der Waals surface area contributed by atoms with Crippen molar-refractivity contribution in [2.45, 2.75) is 45.4 Å². The van der Waals surface area contributed by atoms with Gasteiger partial charge in [-0.05, 0) is 40.2 Å². The molecule has 0 aliphatic carbocycles. The average Bonchev–Trinajstić information content (AvgIpc) is 2.53. The maximum Gasteiger partial charge on any atom is 0.334 e. The van der Waals surface area contributed by atoms with Crippen molar-refractivity contribution < 1.29 is 14.4 Å². The maximum absolute atomic E-state index is 11.2. The number of hydroxylamine groups is 1. The van der Waals surface area contributed by atoms with Crippen molar-refractivity contribution in [3.63, 3.8) is 0 Å². The summed E-state index contributed by atoms with van der Waals surface area (Å²) in [6.07, 6.45) is 2.31. The van der Waals surface area contributed by atoms with Gasteiger partial charge < -0.3 is 10.1 Å². The predicted molar refractivity (Wildman–Crippen MR) is 56.0 cm³/mol. The largest absolute Gasteiger partial charge is 0.458 e. The van der Waals surface area contributed by atoms with E-state index in [4.69, 9.17) is 9.57 Å². The molecule has 0 aromatic carbocycles. The molecule has 5 heteroatoms. The zero-order chi connectivity index (χ0) is 11.3. The van der Waals surface area contributed by atoms with Crippen LogP contribution in [-0.4, -0.2) is 30.9 Å². The molecule has 0 unspecified atom stereocenters. The van der Waals surface area contributed by atoms with Crippen LogP contribution in [0.1, 0.15) is 33.6 Å². The van der Waals surface area contributed by atoms with Gasteiger partial charge in [-0.15, -0.1) is 0 Å². The third kappa shape index (κ3) is 5.71. The number of rotatable bonds is 4. The number of ether oxygens (including phenoxy) is 1. The van der Waals surface area contributed by atoms with E-state index < -0.39 is 5.60 Å².